The van der Waals surface area contributed by atoms with Crippen molar-refractivity contribution in [3.63, 3.8) is 0 Å². The first-order valence-electron chi connectivity index (χ1n) is 2.67. The molecule has 0 saturated carbocycles. The Morgan fingerprint density at radius 2 is 2.38 bits per heavy atom. The van der Waals surface area contributed by atoms with Gasteiger partial charge in [-0.2, -0.15) is 0 Å². The molecule has 0 aromatic heterocycles. The fourth-order valence-electron chi connectivity index (χ4n) is 0.740. The monoisotopic (exact) mass is 120 g/mol. The molecule has 0 aliphatic carbocycles. The van der Waals surface area contributed by atoms with E-state index in [0.717, 1.165) is 0 Å². The third-order valence-electron chi connectivity index (χ3n) is 1.36. The molecule has 0 spiro atoms. The van der Waals surface area contributed by atoms with Crippen LogP contribution in [0.3, 0.4) is 0 Å². The van der Waals surface area contributed by atoms with Crippen LogP contribution in [0.4, 0.5) is 4.39 Å². The van der Waals surface area contributed by atoms with Crippen LogP contribution < -0.4 is 0 Å². The molecule has 1 N–H and O–H groups in total. The van der Waals surface area contributed by atoms with Crippen LogP contribution >= 0.6 is 0 Å². The molecule has 1 fully saturated rings. The number of aliphatic hydroxyl groups excluding tert-OH is 1. The molecule has 2 nitrogen and oxygen atoms in total. The third-order valence-corrected chi connectivity index (χ3v) is 1.36. The second-order valence-corrected chi connectivity index (χ2v) is 2.00. The molecule has 3 heteroatoms. The predicted octanol–water partition coefficient (Wildman–Crippen LogP) is -0.0368. The van der Waals surface area contributed by atoms with E-state index < -0.39 is 6.17 Å². The van der Waals surface area contributed by atoms with Crippen LogP contribution in [0.2, 0.25) is 0 Å². The molecule has 0 bridgehead atoms. The van der Waals surface area contributed by atoms with Gasteiger partial charge in [0.15, 0.2) is 0 Å². The van der Waals surface area contributed by atoms with Crippen molar-refractivity contribution in [2.24, 2.45) is 5.92 Å². The lowest BCUT2D eigenvalue weighted by Crippen LogP contribution is -2.16. The summed E-state index contributed by atoms with van der Waals surface area (Å²) in [4.78, 5) is 0. The molecule has 48 valence electrons. The second-order valence-electron chi connectivity index (χ2n) is 2.00. The average Bonchev–Trinajstić information content (AvgIpc) is 2.14. The van der Waals surface area contributed by atoms with Crippen molar-refractivity contribution in [2.45, 2.75) is 6.17 Å². The first kappa shape index (κ1) is 5.98. The maximum Gasteiger partial charge on any atom is 0.131 e. The largest absolute Gasteiger partial charge is 0.396 e. The summed E-state index contributed by atoms with van der Waals surface area (Å²) in [6, 6.07) is 0. The molecule has 2 atom stereocenters. The molecule has 0 amide bonds. The normalized spacial score (nSPS) is 38.2. The standard InChI is InChI=1S/C5H9FO2/c6-5-3-8-2-4(5)1-7/h4-5,7H,1-3H2/t4-,5-/m1/s1. The highest BCUT2D eigenvalue weighted by Crippen LogP contribution is 2.15. The number of halogens is 1. The summed E-state index contributed by atoms with van der Waals surface area (Å²) < 4.78 is 17.0. The van der Waals surface area contributed by atoms with E-state index in [-0.39, 0.29) is 19.1 Å². The van der Waals surface area contributed by atoms with E-state index in [9.17, 15) is 4.39 Å². The van der Waals surface area contributed by atoms with Crippen LogP contribution in [0.25, 0.3) is 0 Å². The Bertz CT molecular complexity index is 76.8. The lowest BCUT2D eigenvalue weighted by Gasteiger charge is -2.02. The molecule has 8 heavy (non-hydrogen) atoms. The van der Waals surface area contributed by atoms with E-state index in [2.05, 4.69) is 0 Å². The quantitative estimate of drug-likeness (QED) is 0.526. The van der Waals surface area contributed by atoms with Crippen LogP contribution in [0.1, 0.15) is 0 Å². The molecular formula is C5H9FO2. The van der Waals surface area contributed by atoms with Crippen molar-refractivity contribution in [3.8, 4) is 0 Å². The van der Waals surface area contributed by atoms with E-state index >= 15 is 0 Å². The Morgan fingerprint density at radius 1 is 1.62 bits per heavy atom. The van der Waals surface area contributed by atoms with Gasteiger partial charge in [-0.25, -0.2) is 4.39 Å². The molecule has 0 unspecified atom stereocenters. The maximum atomic E-state index is 12.3. The Kier molecular flexibility index (Phi) is 1.81. The zero-order valence-electron chi connectivity index (χ0n) is 4.51. The Hall–Kier alpha value is -0.150. The highest BCUT2D eigenvalue weighted by molar-refractivity contribution is 4.72. The van der Waals surface area contributed by atoms with Gasteiger partial charge in [0, 0.05) is 5.92 Å². The van der Waals surface area contributed by atoms with Crippen LogP contribution in [0, 0.1) is 5.92 Å². The Morgan fingerprint density at radius 3 is 2.62 bits per heavy atom. The van der Waals surface area contributed by atoms with E-state index in [1.165, 1.54) is 0 Å². The fourth-order valence-corrected chi connectivity index (χ4v) is 0.740. The van der Waals surface area contributed by atoms with Gasteiger partial charge < -0.3 is 9.84 Å². The molecule has 0 aromatic rings. The SMILES string of the molecule is OC[C@@H]1COC[C@H]1F. The van der Waals surface area contributed by atoms with Crippen molar-refractivity contribution < 1.29 is 14.2 Å². The smallest absolute Gasteiger partial charge is 0.131 e. The van der Waals surface area contributed by atoms with Gasteiger partial charge in [0.2, 0.25) is 0 Å². The highest BCUT2D eigenvalue weighted by Gasteiger charge is 2.26. The maximum absolute atomic E-state index is 12.3. The summed E-state index contributed by atoms with van der Waals surface area (Å²) in [5.41, 5.74) is 0. The van der Waals surface area contributed by atoms with Crippen molar-refractivity contribution in [1.82, 2.24) is 0 Å². The van der Waals surface area contributed by atoms with Gasteiger partial charge in [-0.15, -0.1) is 0 Å². The van der Waals surface area contributed by atoms with Crippen molar-refractivity contribution in [1.29, 1.82) is 0 Å². The van der Waals surface area contributed by atoms with Gasteiger partial charge in [0.1, 0.15) is 6.17 Å². The van der Waals surface area contributed by atoms with Crippen molar-refractivity contribution in [2.75, 3.05) is 19.8 Å². The first-order valence-corrected chi connectivity index (χ1v) is 2.67. The lowest BCUT2D eigenvalue weighted by molar-refractivity contribution is 0.160. The molecular weight excluding hydrogens is 111 g/mol. The van der Waals surface area contributed by atoms with Gasteiger partial charge in [0.05, 0.1) is 19.8 Å². The zero-order valence-corrected chi connectivity index (χ0v) is 4.51. The number of hydrogen-bond acceptors (Lipinski definition) is 2. The van der Waals surface area contributed by atoms with E-state index in [1.54, 1.807) is 0 Å². The molecule has 0 radical (unpaired) electrons. The summed E-state index contributed by atoms with van der Waals surface area (Å²) in [5.74, 6) is -0.269. The molecule has 1 rings (SSSR count). The topological polar surface area (TPSA) is 29.5 Å². The van der Waals surface area contributed by atoms with Gasteiger partial charge >= 0.3 is 0 Å². The summed E-state index contributed by atoms with van der Waals surface area (Å²) in [6.07, 6.45) is -0.944. The molecule has 0 aromatic carbocycles. The summed E-state index contributed by atoms with van der Waals surface area (Å²) in [5, 5.41) is 8.42. The molecule has 1 aliphatic rings. The van der Waals surface area contributed by atoms with Crippen LogP contribution in [0.5, 0.6) is 0 Å². The average molecular weight is 120 g/mol. The second kappa shape index (κ2) is 2.42. The Labute approximate surface area is 47.3 Å². The Balaban J connectivity index is 2.30. The number of aliphatic hydroxyl groups is 1. The van der Waals surface area contributed by atoms with E-state index in [4.69, 9.17) is 9.84 Å². The highest BCUT2D eigenvalue weighted by atomic mass is 19.1. The van der Waals surface area contributed by atoms with Gasteiger partial charge in [-0.05, 0) is 0 Å². The summed E-state index contributed by atoms with van der Waals surface area (Å²) in [6.45, 7) is 0.435. The fraction of sp³-hybridized carbons (Fsp3) is 1.00. The molecule has 1 heterocycles. The first-order chi connectivity index (χ1) is 3.84. The number of rotatable bonds is 1. The minimum atomic E-state index is -0.944. The molecule has 1 aliphatic heterocycles. The van der Waals surface area contributed by atoms with Crippen molar-refractivity contribution in [3.05, 3.63) is 0 Å². The van der Waals surface area contributed by atoms with Crippen molar-refractivity contribution >= 4 is 0 Å². The number of hydrogen-bond donors (Lipinski definition) is 1. The minimum Gasteiger partial charge on any atom is -0.396 e. The van der Waals surface area contributed by atoms with Gasteiger partial charge in [0.25, 0.3) is 0 Å². The van der Waals surface area contributed by atoms with Gasteiger partial charge in [-0.1, -0.05) is 0 Å². The number of alkyl halides is 1. The van der Waals surface area contributed by atoms with Crippen LogP contribution in [-0.2, 0) is 4.74 Å². The summed E-state index contributed by atoms with van der Waals surface area (Å²) in [7, 11) is 0. The predicted molar refractivity (Wildman–Crippen MR) is 26.3 cm³/mol. The number of ether oxygens (including phenoxy) is 1. The lowest BCUT2D eigenvalue weighted by atomic mass is 10.1. The van der Waals surface area contributed by atoms with Crippen LogP contribution in [0.15, 0.2) is 0 Å². The third kappa shape index (κ3) is 0.980. The minimum absolute atomic E-state index is 0.0961. The van der Waals surface area contributed by atoms with Crippen LogP contribution in [-0.4, -0.2) is 31.1 Å². The van der Waals surface area contributed by atoms with E-state index in [0.29, 0.717) is 6.61 Å². The summed E-state index contributed by atoms with van der Waals surface area (Å²) >= 11 is 0. The zero-order chi connectivity index (χ0) is 5.98. The van der Waals surface area contributed by atoms with E-state index in [1.807, 2.05) is 0 Å². The van der Waals surface area contributed by atoms with Gasteiger partial charge in [-0.3, -0.25) is 0 Å². The molecule has 1 saturated heterocycles.